The number of likely N-dealkylation sites (tertiary alicyclic amines) is 1. The molecule has 10 nitrogen and oxygen atoms in total. The normalized spacial score (nSPS) is 17.0. The maximum atomic E-state index is 12.4. The Morgan fingerprint density at radius 1 is 1.09 bits per heavy atom. The number of carbonyl (C=O) groups is 3. The lowest BCUT2D eigenvalue weighted by atomic mass is 10.2. The van der Waals surface area contributed by atoms with Crippen LogP contribution in [-0.2, 0) is 9.53 Å². The van der Waals surface area contributed by atoms with E-state index in [2.05, 4.69) is 0 Å². The molecule has 0 bridgehead atoms. The molecule has 4 rings (SSSR count). The number of carboxylic acid groups (broad SMARTS) is 1. The molecule has 2 aliphatic heterocycles. The number of cyclic esters (lactones) is 1. The van der Waals surface area contributed by atoms with Crippen LogP contribution in [0.4, 0.5) is 10.5 Å². The smallest absolute Gasteiger partial charge is 0.414 e. The van der Waals surface area contributed by atoms with Crippen molar-refractivity contribution in [3.05, 3.63) is 59.7 Å². The second-order valence-corrected chi connectivity index (χ2v) is 7.93. The molecule has 2 fully saturated rings. The van der Waals surface area contributed by atoms with Crippen LogP contribution >= 0.6 is 0 Å². The first-order valence-corrected chi connectivity index (χ1v) is 10.9. The summed E-state index contributed by atoms with van der Waals surface area (Å²) in [4.78, 5) is 37.0. The van der Waals surface area contributed by atoms with Gasteiger partial charge in [-0.25, -0.2) is 4.79 Å². The maximum Gasteiger partial charge on any atom is 0.414 e. The topological polar surface area (TPSA) is 146 Å². The van der Waals surface area contributed by atoms with E-state index >= 15 is 0 Å². The first-order valence-electron chi connectivity index (χ1n) is 10.9. The second kappa shape index (κ2) is 11.2. The Kier molecular flexibility index (Phi) is 8.07. The highest BCUT2D eigenvalue weighted by molar-refractivity contribution is 5.96. The molecule has 2 saturated heterocycles. The van der Waals surface area contributed by atoms with Gasteiger partial charge in [0, 0.05) is 36.8 Å². The molecule has 0 spiro atoms. The zero-order valence-corrected chi connectivity index (χ0v) is 18.9. The number of carbonyl (C=O) groups excluding carboxylic acids is 2. The van der Waals surface area contributed by atoms with E-state index in [-0.39, 0.29) is 18.3 Å². The number of anilines is 1. The van der Waals surface area contributed by atoms with Crippen molar-refractivity contribution < 1.29 is 29.0 Å². The molecule has 2 aliphatic rings. The third-order valence-electron chi connectivity index (χ3n) is 5.29. The van der Waals surface area contributed by atoms with Crippen LogP contribution in [0.15, 0.2) is 48.5 Å². The number of carboxylic acids is 1. The van der Waals surface area contributed by atoms with Gasteiger partial charge >= 0.3 is 6.09 Å². The number of hydrogen-bond acceptors (Lipinski definition) is 6. The summed E-state index contributed by atoms with van der Waals surface area (Å²) in [5, 5.41) is 14.9. The minimum atomic E-state index is -0.833. The number of rotatable bonds is 6. The van der Waals surface area contributed by atoms with Gasteiger partial charge in [-0.05, 0) is 61.4 Å². The molecular formula is C24H28N4O6. The van der Waals surface area contributed by atoms with Crippen LogP contribution in [0.3, 0.4) is 0 Å². The van der Waals surface area contributed by atoms with Crippen molar-refractivity contribution >= 4 is 29.5 Å². The van der Waals surface area contributed by atoms with Crippen molar-refractivity contribution in [3.8, 4) is 5.75 Å². The Morgan fingerprint density at radius 3 is 2.21 bits per heavy atom. The minimum Gasteiger partial charge on any atom is -0.490 e. The summed E-state index contributed by atoms with van der Waals surface area (Å²) in [6, 6.07) is 13.9. The van der Waals surface area contributed by atoms with E-state index in [0.29, 0.717) is 29.1 Å². The van der Waals surface area contributed by atoms with E-state index < -0.39 is 18.2 Å². The molecule has 2 heterocycles. The fourth-order valence-electron chi connectivity index (χ4n) is 3.63. The molecule has 0 aliphatic carbocycles. The molecule has 1 unspecified atom stereocenters. The van der Waals surface area contributed by atoms with Crippen LogP contribution in [-0.4, -0.2) is 66.2 Å². The van der Waals surface area contributed by atoms with Crippen LogP contribution in [0, 0.1) is 5.41 Å². The van der Waals surface area contributed by atoms with E-state index in [1.807, 2.05) is 4.90 Å². The first-order chi connectivity index (χ1) is 16.2. The molecule has 180 valence electrons. The van der Waals surface area contributed by atoms with E-state index in [4.69, 9.17) is 30.5 Å². The molecule has 0 aromatic heterocycles. The second-order valence-electron chi connectivity index (χ2n) is 7.93. The van der Waals surface area contributed by atoms with Crippen molar-refractivity contribution in [2.24, 2.45) is 5.73 Å². The highest BCUT2D eigenvalue weighted by Gasteiger charge is 2.32. The van der Waals surface area contributed by atoms with Crippen LogP contribution < -0.4 is 15.4 Å². The van der Waals surface area contributed by atoms with Crippen molar-refractivity contribution in [1.82, 2.24) is 4.90 Å². The predicted molar refractivity (Wildman–Crippen MR) is 125 cm³/mol. The van der Waals surface area contributed by atoms with Crippen LogP contribution in [0.2, 0.25) is 0 Å². The Labute approximate surface area is 197 Å². The highest BCUT2D eigenvalue weighted by atomic mass is 16.6. The number of nitrogens with two attached hydrogens (primary N) is 1. The molecule has 2 aromatic carbocycles. The summed E-state index contributed by atoms with van der Waals surface area (Å²) < 4.78 is 11.2. The van der Waals surface area contributed by atoms with Crippen LogP contribution in [0.25, 0.3) is 0 Å². The van der Waals surface area contributed by atoms with Gasteiger partial charge in [0.1, 0.15) is 18.2 Å². The number of amidine groups is 1. The Morgan fingerprint density at radius 2 is 1.65 bits per heavy atom. The van der Waals surface area contributed by atoms with Gasteiger partial charge in [0.05, 0.1) is 6.54 Å². The maximum absolute atomic E-state index is 12.4. The third kappa shape index (κ3) is 6.47. The van der Waals surface area contributed by atoms with Crippen LogP contribution in [0.5, 0.6) is 5.75 Å². The molecule has 4 N–H and O–H groups in total. The molecule has 1 atom stereocenters. The molecule has 34 heavy (non-hydrogen) atoms. The van der Waals surface area contributed by atoms with Gasteiger partial charge in [0.15, 0.2) is 6.10 Å². The summed E-state index contributed by atoms with van der Waals surface area (Å²) in [6.45, 7) is 3.30. The van der Waals surface area contributed by atoms with Gasteiger partial charge in [0.25, 0.3) is 11.9 Å². The van der Waals surface area contributed by atoms with Gasteiger partial charge in [-0.1, -0.05) is 0 Å². The average Bonchev–Trinajstić information content (AvgIpc) is 3.47. The molecular weight excluding hydrogens is 440 g/mol. The lowest BCUT2D eigenvalue weighted by molar-refractivity contribution is -0.134. The van der Waals surface area contributed by atoms with E-state index in [1.54, 1.807) is 48.5 Å². The largest absolute Gasteiger partial charge is 0.490 e. The highest BCUT2D eigenvalue weighted by Crippen LogP contribution is 2.23. The zero-order chi connectivity index (χ0) is 24.7. The monoisotopic (exact) mass is 468 g/mol. The SMILES string of the molecule is CC(=O)O.N=C(N)c1ccc(N2CC(COc3ccc(C(=O)N4CCCC4)cc3)OC2=O)cc1. The first kappa shape index (κ1) is 24.6. The summed E-state index contributed by atoms with van der Waals surface area (Å²) in [6.07, 6.45) is 1.28. The number of benzene rings is 2. The fraction of sp³-hybridized carbons (Fsp3) is 0.333. The molecule has 2 amide bonds. The van der Waals surface area contributed by atoms with Crippen molar-refractivity contribution in [3.63, 3.8) is 0 Å². The number of amides is 2. The number of hydrogen-bond donors (Lipinski definition) is 3. The number of ether oxygens (including phenoxy) is 2. The summed E-state index contributed by atoms with van der Waals surface area (Å²) in [5.74, 6) is -0.187. The fourth-order valence-corrected chi connectivity index (χ4v) is 3.63. The predicted octanol–water partition coefficient (Wildman–Crippen LogP) is 2.70. The van der Waals surface area contributed by atoms with Crippen molar-refractivity contribution in [2.75, 3.05) is 31.1 Å². The van der Waals surface area contributed by atoms with E-state index in [9.17, 15) is 9.59 Å². The zero-order valence-electron chi connectivity index (χ0n) is 18.9. The Balaban J connectivity index is 0.000000751. The van der Waals surface area contributed by atoms with Crippen LogP contribution in [0.1, 0.15) is 35.7 Å². The molecule has 0 radical (unpaired) electrons. The average molecular weight is 469 g/mol. The summed E-state index contributed by atoms with van der Waals surface area (Å²) >= 11 is 0. The Hall–Kier alpha value is -4.08. The molecule has 2 aromatic rings. The quantitative estimate of drug-likeness (QED) is 0.436. The molecule has 10 heteroatoms. The van der Waals surface area contributed by atoms with Crippen molar-refractivity contribution in [2.45, 2.75) is 25.9 Å². The molecule has 0 saturated carbocycles. The number of nitrogens with zero attached hydrogens (tertiary/aromatic N) is 2. The lowest BCUT2D eigenvalue weighted by Crippen LogP contribution is -2.27. The Bertz CT molecular complexity index is 1030. The van der Waals surface area contributed by atoms with Gasteiger partial charge in [-0.3, -0.25) is 19.9 Å². The number of nitrogen functional groups attached to an aromatic ring is 1. The summed E-state index contributed by atoms with van der Waals surface area (Å²) in [7, 11) is 0. The number of aliphatic carboxylic acids is 1. The lowest BCUT2D eigenvalue weighted by Gasteiger charge is -2.16. The standard InChI is InChI=1S/C22H24N4O4.C2H4O2/c23-20(24)15-3-7-17(8-4-15)26-13-19(30-22(26)28)14-29-18-9-5-16(6-10-18)21(27)25-11-1-2-12-25;1-2(3)4/h3-10,19H,1-2,11-14H2,(H3,23,24);1H3,(H,3,4). The number of nitrogens with one attached hydrogen (secondary N) is 1. The van der Waals surface area contributed by atoms with Gasteiger partial charge in [-0.2, -0.15) is 0 Å². The third-order valence-corrected chi connectivity index (χ3v) is 5.29. The summed E-state index contributed by atoms with van der Waals surface area (Å²) in [5.41, 5.74) is 7.38. The van der Waals surface area contributed by atoms with Gasteiger partial charge in [0.2, 0.25) is 0 Å². The van der Waals surface area contributed by atoms with E-state index in [0.717, 1.165) is 32.9 Å². The van der Waals surface area contributed by atoms with Gasteiger partial charge in [-0.15, -0.1) is 0 Å². The minimum absolute atomic E-state index is 0.0232. The van der Waals surface area contributed by atoms with E-state index in [1.165, 1.54) is 4.90 Å². The van der Waals surface area contributed by atoms with Gasteiger partial charge < -0.3 is 25.2 Å². The van der Waals surface area contributed by atoms with Crippen molar-refractivity contribution in [1.29, 1.82) is 5.41 Å².